The highest BCUT2D eigenvalue weighted by atomic mass is 16.6. The van der Waals surface area contributed by atoms with Crippen LogP contribution in [0.5, 0.6) is 0 Å². The van der Waals surface area contributed by atoms with Crippen LogP contribution in [0.4, 0.5) is 11.4 Å². The number of guanidine groups is 1. The number of nitrogens with zero attached hydrogens (tertiary/aromatic N) is 2. The predicted molar refractivity (Wildman–Crippen MR) is 92.6 cm³/mol. The topological polar surface area (TPSA) is 93.5 Å². The van der Waals surface area contributed by atoms with E-state index in [1.807, 2.05) is 18.2 Å². The molecule has 0 atom stereocenters. The Kier molecular flexibility index (Phi) is 5.30. The summed E-state index contributed by atoms with van der Waals surface area (Å²) in [5.41, 5.74) is 8.75. The Morgan fingerprint density at radius 2 is 2.00 bits per heavy atom. The molecule has 0 fully saturated rings. The highest BCUT2D eigenvalue weighted by Crippen LogP contribution is 2.18. The van der Waals surface area contributed by atoms with Gasteiger partial charge in [0.05, 0.1) is 11.5 Å². The van der Waals surface area contributed by atoms with Gasteiger partial charge in [-0.3, -0.25) is 10.1 Å². The number of nitrogens with one attached hydrogen (secondary N) is 1. The number of nitro groups is 1. The summed E-state index contributed by atoms with van der Waals surface area (Å²) >= 11 is 0. The summed E-state index contributed by atoms with van der Waals surface area (Å²) < 4.78 is 0. The van der Waals surface area contributed by atoms with E-state index in [1.54, 1.807) is 12.1 Å². The van der Waals surface area contributed by atoms with Crippen molar-refractivity contribution in [2.45, 2.75) is 26.3 Å². The van der Waals surface area contributed by atoms with E-state index in [9.17, 15) is 10.1 Å². The van der Waals surface area contributed by atoms with Gasteiger partial charge in [0.15, 0.2) is 5.96 Å². The Balaban J connectivity index is 2.04. The molecule has 0 spiro atoms. The maximum absolute atomic E-state index is 10.8. The van der Waals surface area contributed by atoms with Crippen molar-refractivity contribution in [2.24, 2.45) is 10.7 Å². The number of aliphatic imine (C=N–C) groups is 1. The summed E-state index contributed by atoms with van der Waals surface area (Å²) in [6, 6.07) is 14.3. The lowest BCUT2D eigenvalue weighted by atomic mass is 10.0. The van der Waals surface area contributed by atoms with E-state index in [-0.39, 0.29) is 18.2 Å². The molecule has 0 amide bonds. The molecule has 2 aromatic carbocycles. The van der Waals surface area contributed by atoms with Gasteiger partial charge in [-0.15, -0.1) is 0 Å². The van der Waals surface area contributed by atoms with Gasteiger partial charge >= 0.3 is 0 Å². The second-order valence-electron chi connectivity index (χ2n) is 5.53. The zero-order valence-corrected chi connectivity index (χ0v) is 13.2. The van der Waals surface area contributed by atoms with Crippen LogP contribution in [0, 0.1) is 10.1 Å². The minimum atomic E-state index is -0.424. The Bertz CT molecular complexity index is 726. The SMILES string of the molecule is CC(C)c1cccc(NC(N)=NCc2cccc([N+](=O)[O-])c2)c1. The lowest BCUT2D eigenvalue weighted by Gasteiger charge is -2.10. The van der Waals surface area contributed by atoms with Crippen LogP contribution in [-0.2, 0) is 6.54 Å². The predicted octanol–water partition coefficient (Wildman–Crippen LogP) is 3.65. The molecule has 120 valence electrons. The Labute approximate surface area is 135 Å². The molecule has 3 N–H and O–H groups in total. The molecule has 2 rings (SSSR count). The minimum absolute atomic E-state index is 0.0499. The standard InChI is InChI=1S/C17H20N4O2/c1-12(2)14-6-4-7-15(10-14)20-17(18)19-11-13-5-3-8-16(9-13)21(22)23/h3-10,12H,11H2,1-2H3,(H3,18,19,20). The molecule has 0 bridgehead atoms. The van der Waals surface area contributed by atoms with Crippen molar-refractivity contribution in [1.29, 1.82) is 0 Å². The molecule has 0 unspecified atom stereocenters. The first-order valence-electron chi connectivity index (χ1n) is 7.36. The van der Waals surface area contributed by atoms with Gasteiger partial charge in [-0.2, -0.15) is 0 Å². The maximum Gasteiger partial charge on any atom is 0.269 e. The minimum Gasteiger partial charge on any atom is -0.370 e. The van der Waals surface area contributed by atoms with Crippen molar-refractivity contribution in [3.8, 4) is 0 Å². The van der Waals surface area contributed by atoms with Crippen LogP contribution in [0.2, 0.25) is 0 Å². The molecule has 0 heterocycles. The van der Waals surface area contributed by atoms with E-state index < -0.39 is 4.92 Å². The van der Waals surface area contributed by atoms with Crippen molar-refractivity contribution < 1.29 is 4.92 Å². The van der Waals surface area contributed by atoms with E-state index in [4.69, 9.17) is 5.73 Å². The van der Waals surface area contributed by atoms with Crippen molar-refractivity contribution in [3.05, 3.63) is 69.8 Å². The van der Waals surface area contributed by atoms with Crippen LogP contribution in [-0.4, -0.2) is 10.9 Å². The Morgan fingerprint density at radius 1 is 1.26 bits per heavy atom. The highest BCUT2D eigenvalue weighted by Gasteiger charge is 2.05. The van der Waals surface area contributed by atoms with Crippen molar-refractivity contribution >= 4 is 17.3 Å². The Morgan fingerprint density at radius 3 is 2.70 bits per heavy atom. The zero-order chi connectivity index (χ0) is 16.8. The van der Waals surface area contributed by atoms with Crippen LogP contribution < -0.4 is 11.1 Å². The molecule has 6 nitrogen and oxygen atoms in total. The van der Waals surface area contributed by atoms with Crippen LogP contribution in [0.25, 0.3) is 0 Å². The number of anilines is 1. The van der Waals surface area contributed by atoms with Gasteiger partial charge in [0.1, 0.15) is 0 Å². The van der Waals surface area contributed by atoms with E-state index in [1.165, 1.54) is 17.7 Å². The van der Waals surface area contributed by atoms with Crippen molar-refractivity contribution in [1.82, 2.24) is 0 Å². The smallest absolute Gasteiger partial charge is 0.269 e. The third-order valence-electron chi connectivity index (χ3n) is 3.38. The first-order chi connectivity index (χ1) is 11.0. The molecular weight excluding hydrogens is 292 g/mol. The van der Waals surface area contributed by atoms with Crippen LogP contribution in [0.1, 0.15) is 30.9 Å². The molecule has 0 saturated carbocycles. The van der Waals surface area contributed by atoms with Gasteiger partial charge in [0.25, 0.3) is 5.69 Å². The summed E-state index contributed by atoms with van der Waals surface area (Å²) in [5, 5.41) is 13.8. The van der Waals surface area contributed by atoms with Gasteiger partial charge in [-0.25, -0.2) is 4.99 Å². The molecule has 2 aromatic rings. The van der Waals surface area contributed by atoms with Gasteiger partial charge < -0.3 is 11.1 Å². The summed E-state index contributed by atoms with van der Waals surface area (Å²) in [5.74, 6) is 0.706. The normalized spacial score (nSPS) is 11.5. The number of hydrogen-bond acceptors (Lipinski definition) is 3. The van der Waals surface area contributed by atoms with Gasteiger partial charge in [0, 0.05) is 17.8 Å². The van der Waals surface area contributed by atoms with Crippen LogP contribution in [0.3, 0.4) is 0 Å². The monoisotopic (exact) mass is 312 g/mol. The largest absolute Gasteiger partial charge is 0.370 e. The number of nitro benzene ring substituents is 1. The second kappa shape index (κ2) is 7.40. The van der Waals surface area contributed by atoms with Gasteiger partial charge in [-0.1, -0.05) is 38.1 Å². The number of benzene rings is 2. The fraction of sp³-hybridized carbons (Fsp3) is 0.235. The number of hydrogen-bond donors (Lipinski definition) is 2. The first kappa shape index (κ1) is 16.5. The second-order valence-corrected chi connectivity index (χ2v) is 5.53. The first-order valence-corrected chi connectivity index (χ1v) is 7.36. The summed E-state index contributed by atoms with van der Waals surface area (Å²) in [7, 11) is 0. The van der Waals surface area contributed by atoms with Crippen LogP contribution >= 0.6 is 0 Å². The fourth-order valence-electron chi connectivity index (χ4n) is 2.11. The summed E-state index contributed by atoms with van der Waals surface area (Å²) in [4.78, 5) is 14.6. The molecule has 0 saturated heterocycles. The molecule has 0 aromatic heterocycles. The molecule has 0 aliphatic carbocycles. The van der Waals surface area contributed by atoms with E-state index >= 15 is 0 Å². The molecule has 0 radical (unpaired) electrons. The third kappa shape index (κ3) is 4.81. The van der Waals surface area contributed by atoms with Gasteiger partial charge in [-0.05, 0) is 29.2 Å². The molecule has 0 aliphatic rings. The van der Waals surface area contributed by atoms with E-state index in [0.29, 0.717) is 5.92 Å². The lowest BCUT2D eigenvalue weighted by Crippen LogP contribution is -2.22. The van der Waals surface area contributed by atoms with Crippen LogP contribution in [0.15, 0.2) is 53.5 Å². The molecule has 23 heavy (non-hydrogen) atoms. The third-order valence-corrected chi connectivity index (χ3v) is 3.38. The van der Waals surface area contributed by atoms with E-state index in [2.05, 4.69) is 30.2 Å². The maximum atomic E-state index is 10.8. The molecular formula is C17H20N4O2. The Hall–Kier alpha value is -2.89. The summed E-state index contributed by atoms with van der Waals surface area (Å²) in [6.45, 7) is 4.53. The molecule has 0 aliphatic heterocycles. The van der Waals surface area contributed by atoms with Crippen molar-refractivity contribution in [2.75, 3.05) is 5.32 Å². The zero-order valence-electron chi connectivity index (χ0n) is 13.2. The average molecular weight is 312 g/mol. The highest BCUT2D eigenvalue weighted by molar-refractivity contribution is 5.92. The number of rotatable bonds is 5. The fourth-order valence-corrected chi connectivity index (χ4v) is 2.11. The summed E-state index contributed by atoms with van der Waals surface area (Å²) in [6.07, 6.45) is 0. The quantitative estimate of drug-likeness (QED) is 0.381. The lowest BCUT2D eigenvalue weighted by molar-refractivity contribution is -0.384. The van der Waals surface area contributed by atoms with Crippen molar-refractivity contribution in [3.63, 3.8) is 0 Å². The molecule has 6 heteroatoms. The average Bonchev–Trinajstić information content (AvgIpc) is 2.53. The number of nitrogens with two attached hydrogens (primary N) is 1. The van der Waals surface area contributed by atoms with E-state index in [0.717, 1.165) is 11.3 Å². The number of non-ortho nitro benzene ring substituents is 1. The van der Waals surface area contributed by atoms with Gasteiger partial charge in [0.2, 0.25) is 0 Å².